The molecular formula is C11H12N2O5S. The van der Waals surface area contributed by atoms with Gasteiger partial charge in [-0.15, -0.1) is 0 Å². The second-order valence-corrected chi connectivity index (χ2v) is 5.05. The van der Waals surface area contributed by atoms with Crippen molar-refractivity contribution < 1.29 is 19.1 Å². The van der Waals surface area contributed by atoms with Gasteiger partial charge in [-0.25, -0.2) is 4.98 Å². The fraction of sp³-hybridized carbons (Fsp3) is 0.455. The van der Waals surface area contributed by atoms with Crippen molar-refractivity contribution in [2.75, 3.05) is 13.7 Å². The summed E-state index contributed by atoms with van der Waals surface area (Å²) in [4.78, 5) is 40.6. The van der Waals surface area contributed by atoms with Crippen LogP contribution in [0.2, 0.25) is 0 Å². The number of methoxy groups -OCH3 is 1. The fourth-order valence-corrected chi connectivity index (χ4v) is 2.55. The first-order chi connectivity index (χ1) is 9.08. The Morgan fingerprint density at radius 1 is 1.63 bits per heavy atom. The summed E-state index contributed by atoms with van der Waals surface area (Å²) < 4.78 is 9.34. The van der Waals surface area contributed by atoms with Gasteiger partial charge in [-0.3, -0.25) is 14.4 Å². The Morgan fingerprint density at radius 3 is 3.05 bits per heavy atom. The van der Waals surface area contributed by atoms with E-state index in [0.717, 1.165) is 11.8 Å². The number of thioether (sulfide) groups is 1. The van der Waals surface area contributed by atoms with Crippen LogP contribution in [0.5, 0.6) is 0 Å². The van der Waals surface area contributed by atoms with Gasteiger partial charge >= 0.3 is 11.9 Å². The number of aromatic nitrogens is 2. The van der Waals surface area contributed by atoms with Gasteiger partial charge in [0.05, 0.1) is 25.8 Å². The Kier molecular flexibility index (Phi) is 4.20. The monoisotopic (exact) mass is 284 g/mol. The highest BCUT2D eigenvalue weighted by Gasteiger charge is 2.28. The molecular weight excluding hydrogens is 272 g/mol. The number of H-pyrrole nitrogens is 1. The Morgan fingerprint density at radius 2 is 2.42 bits per heavy atom. The third-order valence-corrected chi connectivity index (χ3v) is 3.60. The molecule has 0 radical (unpaired) electrons. The van der Waals surface area contributed by atoms with Crippen molar-refractivity contribution in [1.29, 1.82) is 0 Å². The molecule has 1 atom stereocenters. The largest absolute Gasteiger partial charge is 0.469 e. The van der Waals surface area contributed by atoms with E-state index in [4.69, 9.17) is 4.74 Å². The summed E-state index contributed by atoms with van der Waals surface area (Å²) in [5.74, 6) is -0.791. The number of nitrogens with zero attached hydrogens (tertiary/aromatic N) is 1. The molecule has 1 unspecified atom stereocenters. The topological polar surface area (TPSA) is 98.4 Å². The minimum absolute atomic E-state index is 0.0803. The minimum atomic E-state index is -0.477. The van der Waals surface area contributed by atoms with Crippen molar-refractivity contribution in [3.05, 3.63) is 22.1 Å². The molecule has 0 spiro atoms. The van der Waals surface area contributed by atoms with Crippen LogP contribution in [-0.2, 0) is 25.5 Å². The number of rotatable bonds is 4. The SMILES string of the molecule is COC(=O)Cc1cc(=O)[nH]c(SC2CCOC2=O)n1. The summed E-state index contributed by atoms with van der Waals surface area (Å²) in [5, 5.41) is -0.0632. The van der Waals surface area contributed by atoms with E-state index in [1.54, 1.807) is 0 Å². The highest BCUT2D eigenvalue weighted by molar-refractivity contribution is 8.00. The third-order valence-electron chi connectivity index (χ3n) is 2.47. The van der Waals surface area contributed by atoms with E-state index in [0.29, 0.717) is 23.9 Å². The Labute approximate surface area is 112 Å². The van der Waals surface area contributed by atoms with Gasteiger partial charge in [0.25, 0.3) is 5.56 Å². The van der Waals surface area contributed by atoms with Crippen LogP contribution in [-0.4, -0.2) is 40.9 Å². The normalized spacial score (nSPS) is 18.2. The van der Waals surface area contributed by atoms with Gasteiger partial charge in [0, 0.05) is 12.5 Å². The van der Waals surface area contributed by atoms with Crippen molar-refractivity contribution in [2.45, 2.75) is 23.2 Å². The molecule has 1 aliphatic heterocycles. The molecule has 0 aliphatic carbocycles. The van der Waals surface area contributed by atoms with Crippen molar-refractivity contribution in [3.8, 4) is 0 Å². The van der Waals surface area contributed by atoms with E-state index in [9.17, 15) is 14.4 Å². The summed E-state index contributed by atoms with van der Waals surface area (Å²) in [5.41, 5.74) is -0.0627. The first kappa shape index (κ1) is 13.6. The number of ether oxygens (including phenoxy) is 2. The second kappa shape index (κ2) is 5.87. The molecule has 2 heterocycles. The van der Waals surface area contributed by atoms with Crippen molar-refractivity contribution >= 4 is 23.7 Å². The quantitative estimate of drug-likeness (QED) is 0.608. The number of aromatic amines is 1. The molecule has 102 valence electrons. The average molecular weight is 284 g/mol. The molecule has 0 amide bonds. The van der Waals surface area contributed by atoms with Crippen LogP contribution in [0.4, 0.5) is 0 Å². The fourth-order valence-electron chi connectivity index (χ4n) is 1.57. The standard InChI is InChI=1S/C11H12N2O5S/c1-17-9(15)5-6-4-8(14)13-11(12-6)19-7-2-3-18-10(7)16/h4,7H,2-3,5H2,1H3,(H,12,13,14). The summed E-state index contributed by atoms with van der Waals surface area (Å²) in [7, 11) is 1.26. The van der Waals surface area contributed by atoms with E-state index in [-0.39, 0.29) is 23.2 Å². The lowest BCUT2D eigenvalue weighted by Crippen LogP contribution is -2.16. The lowest BCUT2D eigenvalue weighted by Gasteiger charge is -2.05. The van der Waals surface area contributed by atoms with Crippen LogP contribution in [0.15, 0.2) is 16.0 Å². The highest BCUT2D eigenvalue weighted by atomic mass is 32.2. The first-order valence-electron chi connectivity index (χ1n) is 5.59. The lowest BCUT2D eigenvalue weighted by atomic mass is 10.3. The predicted molar refractivity (Wildman–Crippen MR) is 65.8 cm³/mol. The zero-order valence-electron chi connectivity index (χ0n) is 10.2. The zero-order valence-corrected chi connectivity index (χ0v) is 11.0. The van der Waals surface area contributed by atoms with Gasteiger partial charge < -0.3 is 14.5 Å². The van der Waals surface area contributed by atoms with E-state index in [1.807, 2.05) is 0 Å². The van der Waals surface area contributed by atoms with Gasteiger partial charge in [0.1, 0.15) is 5.25 Å². The maximum absolute atomic E-state index is 11.5. The number of hydrogen-bond donors (Lipinski definition) is 1. The number of cyclic esters (lactones) is 1. The molecule has 1 saturated heterocycles. The lowest BCUT2D eigenvalue weighted by molar-refractivity contribution is -0.140. The number of carbonyl (C=O) groups is 2. The van der Waals surface area contributed by atoms with Gasteiger partial charge in [-0.1, -0.05) is 11.8 Å². The van der Waals surface area contributed by atoms with Crippen molar-refractivity contribution in [2.24, 2.45) is 0 Å². The molecule has 0 bridgehead atoms. The molecule has 1 aromatic rings. The Balaban J connectivity index is 2.14. The van der Waals surface area contributed by atoms with E-state index >= 15 is 0 Å². The highest BCUT2D eigenvalue weighted by Crippen LogP contribution is 2.26. The number of carbonyl (C=O) groups excluding carboxylic acids is 2. The Bertz CT molecular complexity index is 556. The van der Waals surface area contributed by atoms with Crippen LogP contribution in [0.3, 0.4) is 0 Å². The summed E-state index contributed by atoms with van der Waals surface area (Å²) in [6, 6.07) is 1.23. The molecule has 19 heavy (non-hydrogen) atoms. The van der Waals surface area contributed by atoms with Crippen molar-refractivity contribution in [1.82, 2.24) is 9.97 Å². The van der Waals surface area contributed by atoms with Crippen molar-refractivity contribution in [3.63, 3.8) is 0 Å². The van der Waals surface area contributed by atoms with Crippen LogP contribution in [0.1, 0.15) is 12.1 Å². The van der Waals surface area contributed by atoms with Crippen LogP contribution >= 0.6 is 11.8 Å². The van der Waals surface area contributed by atoms with Crippen LogP contribution in [0.25, 0.3) is 0 Å². The van der Waals surface area contributed by atoms with Crippen LogP contribution < -0.4 is 5.56 Å². The van der Waals surface area contributed by atoms with E-state index in [2.05, 4.69) is 14.7 Å². The first-order valence-corrected chi connectivity index (χ1v) is 6.47. The number of hydrogen-bond acceptors (Lipinski definition) is 7. The van der Waals surface area contributed by atoms with E-state index in [1.165, 1.54) is 13.2 Å². The molecule has 7 nitrogen and oxygen atoms in total. The summed E-state index contributed by atoms with van der Waals surface area (Å²) in [6.45, 7) is 0.378. The number of nitrogens with one attached hydrogen (secondary N) is 1. The molecule has 0 saturated carbocycles. The number of esters is 2. The second-order valence-electron chi connectivity index (χ2n) is 3.86. The average Bonchev–Trinajstić information content (AvgIpc) is 2.74. The smallest absolute Gasteiger partial charge is 0.319 e. The van der Waals surface area contributed by atoms with Gasteiger partial charge in [0.15, 0.2) is 5.16 Å². The molecule has 8 heteroatoms. The molecule has 1 aliphatic rings. The predicted octanol–water partition coefficient (Wildman–Crippen LogP) is -0.107. The third kappa shape index (κ3) is 3.57. The van der Waals surface area contributed by atoms with E-state index < -0.39 is 5.97 Å². The summed E-state index contributed by atoms with van der Waals surface area (Å²) >= 11 is 1.13. The zero-order chi connectivity index (χ0) is 13.8. The van der Waals surface area contributed by atoms with Gasteiger partial charge in [-0.05, 0) is 0 Å². The molecule has 1 fully saturated rings. The van der Waals surface area contributed by atoms with Crippen LogP contribution in [0, 0.1) is 0 Å². The maximum atomic E-state index is 11.5. The molecule has 1 aromatic heterocycles. The summed E-state index contributed by atoms with van der Waals surface area (Å²) in [6.07, 6.45) is 0.498. The Hall–Kier alpha value is -1.83. The molecule has 2 rings (SSSR count). The maximum Gasteiger partial charge on any atom is 0.319 e. The van der Waals surface area contributed by atoms with Gasteiger partial charge in [-0.2, -0.15) is 0 Å². The molecule has 0 aromatic carbocycles. The van der Waals surface area contributed by atoms with Gasteiger partial charge in [0.2, 0.25) is 0 Å². The molecule has 1 N–H and O–H groups in total. The minimum Gasteiger partial charge on any atom is -0.469 e.